The molecule has 1 fully saturated rings. The SMILES string of the molecule is CCn1cc(C(=O)N2CCC(c3nnc(Cn4cccn4)n3C)CC2)cn1. The summed E-state index contributed by atoms with van der Waals surface area (Å²) in [6, 6.07) is 1.90. The molecule has 27 heavy (non-hydrogen) atoms. The maximum atomic E-state index is 12.7. The van der Waals surface area contributed by atoms with Crippen LogP contribution in [0.15, 0.2) is 30.9 Å². The van der Waals surface area contributed by atoms with Crippen molar-refractivity contribution in [3.8, 4) is 0 Å². The molecule has 0 atom stereocenters. The van der Waals surface area contributed by atoms with Crippen molar-refractivity contribution in [1.29, 1.82) is 0 Å². The molecule has 0 spiro atoms. The van der Waals surface area contributed by atoms with E-state index < -0.39 is 0 Å². The van der Waals surface area contributed by atoms with Gasteiger partial charge < -0.3 is 9.47 Å². The molecule has 0 unspecified atom stereocenters. The minimum absolute atomic E-state index is 0.0606. The number of carbonyl (C=O) groups excluding carboxylic acids is 1. The Kier molecular flexibility index (Phi) is 4.74. The summed E-state index contributed by atoms with van der Waals surface area (Å²) < 4.78 is 5.68. The van der Waals surface area contributed by atoms with Gasteiger partial charge in [-0.2, -0.15) is 10.2 Å². The van der Waals surface area contributed by atoms with E-state index in [1.807, 2.05) is 42.0 Å². The smallest absolute Gasteiger partial charge is 0.257 e. The van der Waals surface area contributed by atoms with Crippen LogP contribution in [-0.4, -0.2) is 58.2 Å². The van der Waals surface area contributed by atoms with E-state index in [-0.39, 0.29) is 5.91 Å². The zero-order valence-electron chi connectivity index (χ0n) is 15.7. The maximum Gasteiger partial charge on any atom is 0.257 e. The predicted octanol–water partition coefficient (Wildman–Crippen LogP) is 1.30. The molecule has 3 aromatic heterocycles. The molecule has 1 aliphatic rings. The lowest BCUT2D eigenvalue weighted by Crippen LogP contribution is -2.38. The van der Waals surface area contributed by atoms with Gasteiger partial charge in [-0.3, -0.25) is 14.2 Å². The van der Waals surface area contributed by atoms with E-state index >= 15 is 0 Å². The second kappa shape index (κ2) is 7.34. The number of hydrogen-bond acceptors (Lipinski definition) is 5. The van der Waals surface area contributed by atoms with E-state index in [0.29, 0.717) is 18.0 Å². The molecular formula is C18H24N8O. The number of piperidine rings is 1. The lowest BCUT2D eigenvalue weighted by Gasteiger charge is -2.31. The van der Waals surface area contributed by atoms with E-state index in [0.717, 1.165) is 44.1 Å². The fourth-order valence-electron chi connectivity index (χ4n) is 3.58. The molecule has 0 saturated carbocycles. The topological polar surface area (TPSA) is 86.7 Å². The van der Waals surface area contributed by atoms with Crippen molar-refractivity contribution in [3.63, 3.8) is 0 Å². The highest BCUT2D eigenvalue weighted by molar-refractivity contribution is 5.93. The Hall–Kier alpha value is -2.97. The summed E-state index contributed by atoms with van der Waals surface area (Å²) in [5, 5.41) is 17.2. The summed E-state index contributed by atoms with van der Waals surface area (Å²) in [4.78, 5) is 14.6. The summed E-state index contributed by atoms with van der Waals surface area (Å²) in [7, 11) is 2.00. The van der Waals surface area contributed by atoms with Crippen molar-refractivity contribution in [2.45, 2.75) is 38.8 Å². The molecule has 142 valence electrons. The average Bonchev–Trinajstić information content (AvgIpc) is 3.44. The fourth-order valence-corrected chi connectivity index (χ4v) is 3.58. The number of carbonyl (C=O) groups is 1. The van der Waals surface area contributed by atoms with Crippen molar-refractivity contribution in [3.05, 3.63) is 48.1 Å². The van der Waals surface area contributed by atoms with Crippen LogP contribution in [-0.2, 0) is 20.1 Å². The van der Waals surface area contributed by atoms with Gasteiger partial charge >= 0.3 is 0 Å². The highest BCUT2D eigenvalue weighted by Gasteiger charge is 2.28. The van der Waals surface area contributed by atoms with Gasteiger partial charge in [0.2, 0.25) is 0 Å². The molecule has 0 aromatic carbocycles. The van der Waals surface area contributed by atoms with Crippen LogP contribution in [0, 0.1) is 0 Å². The van der Waals surface area contributed by atoms with Crippen molar-refractivity contribution < 1.29 is 4.79 Å². The fraction of sp³-hybridized carbons (Fsp3) is 0.500. The second-order valence-electron chi connectivity index (χ2n) is 6.89. The van der Waals surface area contributed by atoms with E-state index in [2.05, 4.69) is 25.0 Å². The van der Waals surface area contributed by atoms with Gasteiger partial charge in [0.25, 0.3) is 5.91 Å². The van der Waals surface area contributed by atoms with Gasteiger partial charge in [-0.05, 0) is 25.8 Å². The number of rotatable bonds is 5. The normalized spacial score (nSPS) is 15.4. The zero-order chi connectivity index (χ0) is 18.8. The second-order valence-corrected chi connectivity index (χ2v) is 6.89. The molecule has 1 aliphatic heterocycles. The van der Waals surface area contributed by atoms with Gasteiger partial charge in [0.05, 0.1) is 11.8 Å². The summed E-state index contributed by atoms with van der Waals surface area (Å²) in [6.45, 7) is 4.83. The lowest BCUT2D eigenvalue weighted by molar-refractivity contribution is 0.0710. The third-order valence-electron chi connectivity index (χ3n) is 5.21. The van der Waals surface area contributed by atoms with Crippen LogP contribution in [0.2, 0.25) is 0 Å². The molecule has 9 nitrogen and oxygen atoms in total. The molecule has 3 aromatic rings. The van der Waals surface area contributed by atoms with E-state index in [1.165, 1.54) is 0 Å². The van der Waals surface area contributed by atoms with Crippen molar-refractivity contribution in [2.24, 2.45) is 7.05 Å². The first-order valence-electron chi connectivity index (χ1n) is 9.33. The number of aromatic nitrogens is 7. The van der Waals surface area contributed by atoms with Gasteiger partial charge in [0.15, 0.2) is 5.82 Å². The molecule has 0 radical (unpaired) electrons. The number of aryl methyl sites for hydroxylation is 1. The molecule has 4 heterocycles. The first kappa shape index (κ1) is 17.4. The minimum Gasteiger partial charge on any atom is -0.339 e. The van der Waals surface area contributed by atoms with Crippen LogP contribution >= 0.6 is 0 Å². The molecule has 0 N–H and O–H groups in total. The minimum atomic E-state index is 0.0606. The lowest BCUT2D eigenvalue weighted by atomic mass is 9.95. The van der Waals surface area contributed by atoms with E-state index in [4.69, 9.17) is 0 Å². The first-order valence-corrected chi connectivity index (χ1v) is 9.33. The summed E-state index contributed by atoms with van der Waals surface area (Å²) in [6.07, 6.45) is 8.93. The third kappa shape index (κ3) is 3.49. The summed E-state index contributed by atoms with van der Waals surface area (Å²) in [5.74, 6) is 2.25. The maximum absolute atomic E-state index is 12.7. The quantitative estimate of drug-likeness (QED) is 0.677. The monoisotopic (exact) mass is 368 g/mol. The van der Waals surface area contributed by atoms with Crippen LogP contribution in [0.3, 0.4) is 0 Å². The standard InChI is InChI=1S/C18H24N8O/c1-3-25-12-15(11-20-25)18(27)24-9-5-14(6-10-24)17-22-21-16(23(17)2)13-26-8-4-7-19-26/h4,7-8,11-12,14H,3,5-6,9-10,13H2,1-2H3. The Morgan fingerprint density at radius 2 is 2.00 bits per heavy atom. The summed E-state index contributed by atoms with van der Waals surface area (Å²) in [5.41, 5.74) is 0.662. The van der Waals surface area contributed by atoms with Crippen LogP contribution in [0.25, 0.3) is 0 Å². The van der Waals surface area contributed by atoms with Crippen molar-refractivity contribution in [2.75, 3.05) is 13.1 Å². The zero-order valence-corrected chi connectivity index (χ0v) is 15.7. The Morgan fingerprint density at radius 3 is 2.67 bits per heavy atom. The van der Waals surface area contributed by atoms with Gasteiger partial charge in [-0.15, -0.1) is 10.2 Å². The van der Waals surface area contributed by atoms with Gasteiger partial charge in [-0.25, -0.2) is 0 Å². The average molecular weight is 368 g/mol. The molecule has 0 aliphatic carbocycles. The van der Waals surface area contributed by atoms with Gasteiger partial charge in [0.1, 0.15) is 12.4 Å². The van der Waals surface area contributed by atoms with Crippen LogP contribution in [0.1, 0.15) is 47.7 Å². The Bertz CT molecular complexity index is 902. The van der Waals surface area contributed by atoms with E-state index in [1.54, 1.807) is 17.1 Å². The Labute approximate surface area is 157 Å². The Morgan fingerprint density at radius 1 is 1.19 bits per heavy atom. The number of hydrogen-bond donors (Lipinski definition) is 0. The van der Waals surface area contributed by atoms with Crippen LogP contribution in [0.5, 0.6) is 0 Å². The van der Waals surface area contributed by atoms with Gasteiger partial charge in [-0.1, -0.05) is 0 Å². The molecule has 1 amide bonds. The van der Waals surface area contributed by atoms with Gasteiger partial charge in [0, 0.05) is 51.2 Å². The molecule has 4 rings (SSSR count). The van der Waals surface area contributed by atoms with Crippen LogP contribution < -0.4 is 0 Å². The first-order chi connectivity index (χ1) is 13.2. The highest BCUT2D eigenvalue weighted by Crippen LogP contribution is 2.27. The third-order valence-corrected chi connectivity index (χ3v) is 5.21. The van der Waals surface area contributed by atoms with Crippen LogP contribution in [0.4, 0.5) is 0 Å². The molecule has 9 heteroatoms. The predicted molar refractivity (Wildman–Crippen MR) is 98.1 cm³/mol. The molecule has 0 bridgehead atoms. The number of amides is 1. The highest BCUT2D eigenvalue weighted by atomic mass is 16.2. The summed E-state index contributed by atoms with van der Waals surface area (Å²) >= 11 is 0. The van der Waals surface area contributed by atoms with Crippen molar-refractivity contribution in [1.82, 2.24) is 39.2 Å². The largest absolute Gasteiger partial charge is 0.339 e. The molecule has 1 saturated heterocycles. The number of likely N-dealkylation sites (tertiary alicyclic amines) is 1. The van der Waals surface area contributed by atoms with Crippen molar-refractivity contribution >= 4 is 5.91 Å². The number of nitrogens with zero attached hydrogens (tertiary/aromatic N) is 8. The molecular weight excluding hydrogens is 344 g/mol. The van der Waals surface area contributed by atoms with E-state index in [9.17, 15) is 4.79 Å². The Balaban J connectivity index is 1.39.